The first kappa shape index (κ1) is 18.1. The normalized spacial score (nSPS) is 18.8. The molecule has 4 nitrogen and oxygen atoms in total. The fraction of sp³-hybridized carbons (Fsp3) is 0.190. The van der Waals surface area contributed by atoms with Gasteiger partial charge in [0, 0.05) is 28.5 Å². The summed E-state index contributed by atoms with van der Waals surface area (Å²) in [5, 5.41) is 5.45. The Balaban J connectivity index is 1.81. The van der Waals surface area contributed by atoms with E-state index in [9.17, 15) is 4.79 Å². The number of ether oxygens (including phenoxy) is 1. The van der Waals surface area contributed by atoms with E-state index >= 15 is 0 Å². The number of halogens is 1. The van der Waals surface area contributed by atoms with Crippen LogP contribution in [0, 0.1) is 0 Å². The van der Waals surface area contributed by atoms with Gasteiger partial charge in [-0.05, 0) is 60.3 Å². The van der Waals surface area contributed by atoms with Crippen LogP contribution in [0.1, 0.15) is 23.8 Å². The van der Waals surface area contributed by atoms with E-state index in [2.05, 4.69) is 34.2 Å². The maximum absolute atomic E-state index is 12.5. The number of thiophene rings is 1. The van der Waals surface area contributed by atoms with Crippen LogP contribution in [-0.2, 0) is 10.3 Å². The zero-order valence-corrected chi connectivity index (χ0v) is 17.4. The van der Waals surface area contributed by atoms with Gasteiger partial charge in [-0.2, -0.15) is 0 Å². The Morgan fingerprint density at radius 2 is 1.89 bits per heavy atom. The van der Waals surface area contributed by atoms with Crippen LogP contribution < -0.4 is 10.2 Å². The number of carbonyl (C=O) groups is 1. The summed E-state index contributed by atoms with van der Waals surface area (Å²) in [6.07, 6.45) is 0.341. The molecular weight excluding hydrogens is 424 g/mol. The average Bonchev–Trinajstić information content (AvgIpc) is 3.22. The van der Waals surface area contributed by atoms with Crippen LogP contribution in [0.5, 0.6) is 0 Å². The fourth-order valence-corrected chi connectivity index (χ4v) is 4.64. The van der Waals surface area contributed by atoms with Crippen molar-refractivity contribution in [2.75, 3.05) is 17.3 Å². The Morgan fingerprint density at radius 1 is 1.15 bits per heavy atom. The highest BCUT2D eigenvalue weighted by Crippen LogP contribution is 2.47. The summed E-state index contributed by atoms with van der Waals surface area (Å²) in [7, 11) is 1.75. The predicted molar refractivity (Wildman–Crippen MR) is 114 cm³/mol. The van der Waals surface area contributed by atoms with Gasteiger partial charge in [0.25, 0.3) is 0 Å². The third-order valence-electron chi connectivity index (χ3n) is 4.88. The summed E-state index contributed by atoms with van der Waals surface area (Å²) in [5.74, 6) is 0. The van der Waals surface area contributed by atoms with Gasteiger partial charge in [-0.25, -0.2) is 4.79 Å². The smallest absolute Gasteiger partial charge is 0.415 e. The third kappa shape index (κ3) is 3.13. The Bertz CT molecular complexity index is 972. The van der Waals surface area contributed by atoms with Gasteiger partial charge in [0.15, 0.2) is 5.60 Å². The second-order valence-electron chi connectivity index (χ2n) is 6.45. The number of nitrogens with one attached hydrogen (secondary N) is 1. The Labute approximate surface area is 170 Å². The SMILES string of the molecule is CCC1(c2cccs2)OC(=O)N(C)c2ccc(Nc3ccc(Br)cc3)cc21. The lowest BCUT2D eigenvalue weighted by molar-refractivity contribution is 0.0380. The first-order chi connectivity index (χ1) is 13.0. The van der Waals surface area contributed by atoms with Gasteiger partial charge in [0.05, 0.1) is 10.6 Å². The molecule has 1 atom stereocenters. The first-order valence-corrected chi connectivity index (χ1v) is 10.4. The highest BCUT2D eigenvalue weighted by atomic mass is 79.9. The number of hydrogen-bond acceptors (Lipinski definition) is 4. The monoisotopic (exact) mass is 442 g/mol. The van der Waals surface area contributed by atoms with Crippen LogP contribution >= 0.6 is 27.3 Å². The zero-order chi connectivity index (χ0) is 19.0. The van der Waals surface area contributed by atoms with Crippen LogP contribution in [-0.4, -0.2) is 13.1 Å². The molecule has 1 N–H and O–H groups in total. The van der Waals surface area contributed by atoms with E-state index in [1.807, 2.05) is 53.9 Å². The van der Waals surface area contributed by atoms with E-state index in [4.69, 9.17) is 4.74 Å². The zero-order valence-electron chi connectivity index (χ0n) is 15.0. The number of nitrogens with zero attached hydrogens (tertiary/aromatic N) is 1. The maximum Gasteiger partial charge on any atom is 0.415 e. The lowest BCUT2D eigenvalue weighted by atomic mass is 9.86. The highest BCUT2D eigenvalue weighted by molar-refractivity contribution is 9.10. The molecule has 1 amide bonds. The first-order valence-electron chi connectivity index (χ1n) is 8.71. The minimum Gasteiger partial charge on any atom is -0.432 e. The Kier molecular flexibility index (Phi) is 4.70. The van der Waals surface area contributed by atoms with Crippen molar-refractivity contribution >= 4 is 50.4 Å². The van der Waals surface area contributed by atoms with Crippen molar-refractivity contribution in [3.8, 4) is 0 Å². The fourth-order valence-electron chi connectivity index (χ4n) is 3.43. The summed E-state index contributed by atoms with van der Waals surface area (Å²) in [6.45, 7) is 2.05. The van der Waals surface area contributed by atoms with Crippen molar-refractivity contribution in [3.05, 3.63) is 74.9 Å². The summed E-state index contributed by atoms with van der Waals surface area (Å²) in [5.41, 5.74) is 3.07. The van der Waals surface area contributed by atoms with Gasteiger partial charge in [0.2, 0.25) is 0 Å². The Hall–Kier alpha value is -2.31. The van der Waals surface area contributed by atoms with Gasteiger partial charge in [-0.15, -0.1) is 11.3 Å². The van der Waals surface area contributed by atoms with Crippen molar-refractivity contribution < 1.29 is 9.53 Å². The molecule has 0 saturated carbocycles. The van der Waals surface area contributed by atoms with Gasteiger partial charge in [0.1, 0.15) is 0 Å². The van der Waals surface area contributed by atoms with Crippen LogP contribution in [0.2, 0.25) is 0 Å². The summed E-state index contributed by atoms with van der Waals surface area (Å²) in [4.78, 5) is 15.1. The molecule has 1 unspecified atom stereocenters. The molecule has 1 aromatic heterocycles. The lowest BCUT2D eigenvalue weighted by Crippen LogP contribution is -2.44. The predicted octanol–water partition coefficient (Wildman–Crippen LogP) is 6.49. The minimum absolute atomic E-state index is 0.327. The molecule has 0 saturated heterocycles. The van der Waals surface area contributed by atoms with Crippen LogP contribution in [0.25, 0.3) is 0 Å². The third-order valence-corrected chi connectivity index (χ3v) is 6.42. The second kappa shape index (κ2) is 7.02. The number of hydrogen-bond donors (Lipinski definition) is 1. The van der Waals surface area contributed by atoms with E-state index in [0.717, 1.165) is 32.0 Å². The molecule has 0 bridgehead atoms. The maximum atomic E-state index is 12.5. The molecule has 1 aliphatic rings. The molecule has 0 fully saturated rings. The molecular formula is C21H19BrN2O2S. The standard InChI is InChI=1S/C21H19BrN2O2S/c1-3-21(19-5-4-12-27-19)17-13-16(23-15-8-6-14(22)7-9-15)10-11-18(17)24(2)20(25)26-21/h4-13,23H,3H2,1-2H3. The molecule has 27 heavy (non-hydrogen) atoms. The number of benzene rings is 2. The number of anilines is 3. The van der Waals surface area contributed by atoms with Crippen LogP contribution in [0.15, 0.2) is 64.5 Å². The summed E-state index contributed by atoms with van der Waals surface area (Å²) in [6, 6.07) is 18.1. The second-order valence-corrected chi connectivity index (χ2v) is 8.31. The summed E-state index contributed by atoms with van der Waals surface area (Å²) >= 11 is 5.07. The number of fused-ring (bicyclic) bond motifs is 1. The van der Waals surface area contributed by atoms with Crippen molar-refractivity contribution in [3.63, 3.8) is 0 Å². The lowest BCUT2D eigenvalue weighted by Gasteiger charge is -2.40. The molecule has 1 aliphatic heterocycles. The highest BCUT2D eigenvalue weighted by Gasteiger charge is 2.45. The minimum atomic E-state index is -0.759. The molecule has 0 radical (unpaired) electrons. The molecule has 3 aromatic rings. The number of carbonyl (C=O) groups excluding carboxylic acids is 1. The molecule has 2 aromatic carbocycles. The number of cyclic esters (lactones) is 1. The van der Waals surface area contributed by atoms with E-state index in [-0.39, 0.29) is 6.09 Å². The molecule has 6 heteroatoms. The Morgan fingerprint density at radius 3 is 2.56 bits per heavy atom. The quantitative estimate of drug-likeness (QED) is 0.501. The largest absolute Gasteiger partial charge is 0.432 e. The van der Waals surface area contributed by atoms with E-state index in [1.54, 1.807) is 23.3 Å². The van der Waals surface area contributed by atoms with Crippen molar-refractivity contribution in [2.24, 2.45) is 0 Å². The van der Waals surface area contributed by atoms with Gasteiger partial charge >= 0.3 is 6.09 Å². The average molecular weight is 443 g/mol. The van der Waals surface area contributed by atoms with Crippen molar-refractivity contribution in [1.29, 1.82) is 0 Å². The van der Waals surface area contributed by atoms with Crippen molar-refractivity contribution in [1.82, 2.24) is 0 Å². The molecule has 4 rings (SSSR count). The topological polar surface area (TPSA) is 41.6 Å². The molecule has 0 aliphatic carbocycles. The van der Waals surface area contributed by atoms with Crippen LogP contribution in [0.3, 0.4) is 0 Å². The van der Waals surface area contributed by atoms with Gasteiger partial charge in [-0.3, -0.25) is 4.90 Å². The molecule has 2 heterocycles. The van der Waals surface area contributed by atoms with E-state index < -0.39 is 5.60 Å². The summed E-state index contributed by atoms with van der Waals surface area (Å²) < 4.78 is 7.03. The van der Waals surface area contributed by atoms with Gasteiger partial charge in [-0.1, -0.05) is 28.9 Å². The molecule has 0 spiro atoms. The molecule has 138 valence electrons. The van der Waals surface area contributed by atoms with Crippen LogP contribution in [0.4, 0.5) is 21.9 Å². The number of amides is 1. The van der Waals surface area contributed by atoms with E-state index in [1.165, 1.54) is 0 Å². The number of rotatable bonds is 4. The van der Waals surface area contributed by atoms with E-state index in [0.29, 0.717) is 6.42 Å². The van der Waals surface area contributed by atoms with Gasteiger partial charge < -0.3 is 10.1 Å². The van der Waals surface area contributed by atoms with Crippen molar-refractivity contribution in [2.45, 2.75) is 18.9 Å².